The van der Waals surface area contributed by atoms with E-state index in [1.165, 1.54) is 4.88 Å². The van der Waals surface area contributed by atoms with Crippen molar-refractivity contribution in [2.45, 2.75) is 13.2 Å². The zero-order valence-electron chi connectivity index (χ0n) is 9.56. The fraction of sp³-hybridized carbons (Fsp3) is 0.231. The summed E-state index contributed by atoms with van der Waals surface area (Å²) >= 11 is 5.21. The van der Waals surface area contributed by atoms with E-state index in [-0.39, 0.29) is 6.61 Å². The van der Waals surface area contributed by atoms with Crippen molar-refractivity contribution >= 4 is 33.0 Å². The van der Waals surface area contributed by atoms with Crippen LogP contribution in [-0.2, 0) is 13.2 Å². The molecule has 0 saturated carbocycles. The fourth-order valence-corrected chi connectivity index (χ4v) is 3.12. The third-order valence-corrected chi connectivity index (χ3v) is 4.26. The van der Waals surface area contributed by atoms with Crippen LogP contribution in [0.4, 0.5) is 5.69 Å². The summed E-state index contributed by atoms with van der Waals surface area (Å²) in [7, 11) is 2.07. The molecule has 0 unspecified atom stereocenters. The van der Waals surface area contributed by atoms with E-state index in [1.807, 2.05) is 24.3 Å². The predicted octanol–water partition coefficient (Wildman–Crippen LogP) is 3.64. The first kappa shape index (κ1) is 12.6. The van der Waals surface area contributed by atoms with Crippen LogP contribution in [0.3, 0.4) is 0 Å². The third-order valence-electron chi connectivity index (χ3n) is 2.57. The van der Waals surface area contributed by atoms with Crippen LogP contribution in [0.2, 0.25) is 0 Å². The van der Waals surface area contributed by atoms with E-state index >= 15 is 0 Å². The quantitative estimate of drug-likeness (QED) is 0.932. The number of halogens is 1. The molecule has 1 N–H and O–H groups in total. The number of aliphatic hydroxyl groups is 1. The maximum Gasteiger partial charge on any atom is 0.0681 e. The van der Waals surface area contributed by atoms with E-state index in [2.05, 4.69) is 39.3 Å². The summed E-state index contributed by atoms with van der Waals surface area (Å²) in [5, 5.41) is 11.1. The first-order chi connectivity index (χ1) is 8.19. The van der Waals surface area contributed by atoms with Crippen LogP contribution in [0.5, 0.6) is 0 Å². The molecule has 0 atom stereocenters. The molecule has 17 heavy (non-hydrogen) atoms. The van der Waals surface area contributed by atoms with Gasteiger partial charge in [0.05, 0.1) is 13.2 Å². The molecule has 1 aromatic heterocycles. The molecule has 2 rings (SSSR count). The van der Waals surface area contributed by atoms with Gasteiger partial charge in [-0.1, -0.05) is 12.1 Å². The van der Waals surface area contributed by atoms with Gasteiger partial charge in [-0.25, -0.2) is 0 Å². The highest BCUT2D eigenvalue weighted by atomic mass is 79.9. The van der Waals surface area contributed by atoms with Crippen molar-refractivity contribution in [2.24, 2.45) is 0 Å². The Hall–Kier alpha value is -0.840. The van der Waals surface area contributed by atoms with E-state index in [0.717, 1.165) is 22.3 Å². The number of hydrogen-bond acceptors (Lipinski definition) is 3. The SMILES string of the molecule is CN(Cc1cc(Br)cs1)c1ccc(CO)cc1. The maximum absolute atomic E-state index is 8.99. The van der Waals surface area contributed by atoms with Crippen molar-refractivity contribution in [3.63, 3.8) is 0 Å². The largest absolute Gasteiger partial charge is 0.392 e. The monoisotopic (exact) mass is 311 g/mol. The molecule has 2 nitrogen and oxygen atoms in total. The highest BCUT2D eigenvalue weighted by molar-refractivity contribution is 9.10. The van der Waals surface area contributed by atoms with Gasteiger partial charge in [0.25, 0.3) is 0 Å². The highest BCUT2D eigenvalue weighted by Gasteiger charge is 2.04. The first-order valence-electron chi connectivity index (χ1n) is 5.33. The average Bonchev–Trinajstić information content (AvgIpc) is 2.75. The summed E-state index contributed by atoms with van der Waals surface area (Å²) in [5.74, 6) is 0. The van der Waals surface area contributed by atoms with Crippen molar-refractivity contribution in [3.05, 3.63) is 50.6 Å². The Kier molecular flexibility index (Phi) is 4.20. The standard InChI is InChI=1S/C13H14BrNOS/c1-15(7-13-6-11(14)9-17-13)12-4-2-10(8-16)3-5-12/h2-6,9,16H,7-8H2,1H3. The predicted molar refractivity (Wildman–Crippen MR) is 76.5 cm³/mol. The van der Waals surface area contributed by atoms with Gasteiger partial charge in [0.15, 0.2) is 0 Å². The molecule has 0 fully saturated rings. The number of aliphatic hydroxyl groups excluding tert-OH is 1. The molecule has 0 aliphatic heterocycles. The second-order valence-corrected chi connectivity index (χ2v) is 5.82. The summed E-state index contributed by atoms with van der Waals surface area (Å²) < 4.78 is 1.14. The average molecular weight is 312 g/mol. The van der Waals surface area contributed by atoms with Crippen molar-refractivity contribution in [1.82, 2.24) is 0 Å². The van der Waals surface area contributed by atoms with Gasteiger partial charge in [0.2, 0.25) is 0 Å². The van der Waals surface area contributed by atoms with Crippen molar-refractivity contribution in [2.75, 3.05) is 11.9 Å². The molecular weight excluding hydrogens is 298 g/mol. The lowest BCUT2D eigenvalue weighted by Gasteiger charge is -2.18. The van der Waals surface area contributed by atoms with Crippen LogP contribution < -0.4 is 4.90 Å². The zero-order chi connectivity index (χ0) is 12.3. The van der Waals surface area contributed by atoms with Crippen LogP contribution in [0.25, 0.3) is 0 Å². The molecule has 0 amide bonds. The lowest BCUT2D eigenvalue weighted by molar-refractivity contribution is 0.282. The van der Waals surface area contributed by atoms with E-state index in [9.17, 15) is 0 Å². The lowest BCUT2D eigenvalue weighted by atomic mass is 10.2. The van der Waals surface area contributed by atoms with Crippen LogP contribution in [0.15, 0.2) is 40.2 Å². The van der Waals surface area contributed by atoms with Crippen molar-refractivity contribution in [3.8, 4) is 0 Å². The number of anilines is 1. The van der Waals surface area contributed by atoms with Crippen LogP contribution in [0.1, 0.15) is 10.4 Å². The van der Waals surface area contributed by atoms with Gasteiger partial charge in [-0.3, -0.25) is 0 Å². The smallest absolute Gasteiger partial charge is 0.0681 e. The molecule has 0 aliphatic carbocycles. The van der Waals surface area contributed by atoms with E-state index in [1.54, 1.807) is 11.3 Å². The van der Waals surface area contributed by atoms with Gasteiger partial charge in [-0.2, -0.15) is 0 Å². The van der Waals surface area contributed by atoms with Gasteiger partial charge in [-0.05, 0) is 39.7 Å². The summed E-state index contributed by atoms with van der Waals surface area (Å²) in [5.41, 5.74) is 2.10. The molecular formula is C13H14BrNOS. The number of nitrogens with zero attached hydrogens (tertiary/aromatic N) is 1. The lowest BCUT2D eigenvalue weighted by Crippen LogP contribution is -2.15. The van der Waals surface area contributed by atoms with Gasteiger partial charge in [0.1, 0.15) is 0 Å². The van der Waals surface area contributed by atoms with Crippen LogP contribution in [0, 0.1) is 0 Å². The van der Waals surface area contributed by atoms with Gasteiger partial charge >= 0.3 is 0 Å². The molecule has 1 heterocycles. The van der Waals surface area contributed by atoms with Gasteiger partial charge in [0, 0.05) is 27.5 Å². The Balaban J connectivity index is 2.06. The molecule has 4 heteroatoms. The fourth-order valence-electron chi connectivity index (χ4n) is 1.62. The summed E-state index contributed by atoms with van der Waals surface area (Å²) in [6, 6.07) is 10.1. The zero-order valence-corrected chi connectivity index (χ0v) is 12.0. The Morgan fingerprint density at radius 2 is 2.00 bits per heavy atom. The molecule has 0 radical (unpaired) electrons. The Bertz CT molecular complexity index is 480. The summed E-state index contributed by atoms with van der Waals surface area (Å²) in [4.78, 5) is 3.52. The minimum absolute atomic E-state index is 0.0991. The molecule has 90 valence electrons. The van der Waals surface area contributed by atoms with Gasteiger partial charge < -0.3 is 10.0 Å². The minimum Gasteiger partial charge on any atom is -0.392 e. The topological polar surface area (TPSA) is 23.5 Å². The molecule has 0 aliphatic rings. The molecule has 1 aromatic carbocycles. The van der Waals surface area contributed by atoms with Crippen LogP contribution >= 0.6 is 27.3 Å². The Labute approximate surface area is 114 Å². The summed E-state index contributed by atoms with van der Waals surface area (Å²) in [6.07, 6.45) is 0. The Morgan fingerprint density at radius 3 is 2.53 bits per heavy atom. The van der Waals surface area contributed by atoms with Crippen molar-refractivity contribution < 1.29 is 5.11 Å². The third kappa shape index (κ3) is 3.31. The molecule has 0 spiro atoms. The molecule has 2 aromatic rings. The second-order valence-electron chi connectivity index (χ2n) is 3.91. The highest BCUT2D eigenvalue weighted by Crippen LogP contribution is 2.23. The number of hydrogen-bond donors (Lipinski definition) is 1. The first-order valence-corrected chi connectivity index (χ1v) is 7.00. The van der Waals surface area contributed by atoms with E-state index in [4.69, 9.17) is 5.11 Å². The molecule has 0 saturated heterocycles. The Morgan fingerprint density at radius 1 is 1.29 bits per heavy atom. The number of thiophene rings is 1. The van der Waals surface area contributed by atoms with Gasteiger partial charge in [-0.15, -0.1) is 11.3 Å². The second kappa shape index (κ2) is 5.67. The number of rotatable bonds is 4. The normalized spacial score (nSPS) is 10.5. The molecule has 0 bridgehead atoms. The van der Waals surface area contributed by atoms with E-state index < -0.39 is 0 Å². The summed E-state index contributed by atoms with van der Waals surface area (Å²) in [6.45, 7) is 0.997. The number of benzene rings is 1. The maximum atomic E-state index is 8.99. The van der Waals surface area contributed by atoms with E-state index in [0.29, 0.717) is 0 Å². The minimum atomic E-state index is 0.0991. The van der Waals surface area contributed by atoms with Crippen molar-refractivity contribution in [1.29, 1.82) is 0 Å². The van der Waals surface area contributed by atoms with Crippen LogP contribution in [-0.4, -0.2) is 12.2 Å².